The van der Waals surface area contributed by atoms with Crippen LogP contribution in [0.3, 0.4) is 0 Å². The maximum absolute atomic E-state index is 12.6. The number of nitrogens with zero attached hydrogens (tertiary/aromatic N) is 1. The SMILES string of the molecule is O=C(NCc1ccc2c(c1)OCO2)[C@@H]1CCCN1C(=O)c1ccc(Cl)s1. The molecule has 0 aliphatic carbocycles. The van der Waals surface area contributed by atoms with E-state index < -0.39 is 6.04 Å². The largest absolute Gasteiger partial charge is 0.454 e. The van der Waals surface area contributed by atoms with Gasteiger partial charge in [-0.25, -0.2) is 0 Å². The predicted octanol–water partition coefficient (Wildman–Crippen LogP) is 3.05. The molecule has 2 aliphatic rings. The standard InChI is InChI=1S/C18H17ClN2O4S/c19-16-6-5-15(26-16)18(23)21-7-1-2-12(21)17(22)20-9-11-3-4-13-14(8-11)25-10-24-13/h3-6,8,12H,1-2,7,9-10H2,(H,20,22)/t12-/m0/s1. The molecule has 1 aromatic heterocycles. The Kier molecular flexibility index (Phi) is 4.74. The average molecular weight is 393 g/mol. The van der Waals surface area contributed by atoms with Crippen molar-refractivity contribution < 1.29 is 19.1 Å². The van der Waals surface area contributed by atoms with E-state index in [-0.39, 0.29) is 18.6 Å². The van der Waals surface area contributed by atoms with Gasteiger partial charge in [0.25, 0.3) is 5.91 Å². The molecule has 0 spiro atoms. The number of thiophene rings is 1. The van der Waals surface area contributed by atoms with Gasteiger partial charge < -0.3 is 19.7 Å². The molecule has 136 valence electrons. The number of carbonyl (C=O) groups excluding carboxylic acids is 2. The van der Waals surface area contributed by atoms with Crippen molar-refractivity contribution in [2.75, 3.05) is 13.3 Å². The molecule has 3 heterocycles. The molecule has 2 amide bonds. The van der Waals surface area contributed by atoms with Crippen molar-refractivity contribution in [3.05, 3.63) is 45.1 Å². The van der Waals surface area contributed by atoms with Gasteiger partial charge in [-0.05, 0) is 42.7 Å². The molecule has 8 heteroatoms. The second-order valence-corrected chi connectivity index (χ2v) is 7.88. The van der Waals surface area contributed by atoms with Crippen LogP contribution >= 0.6 is 22.9 Å². The van der Waals surface area contributed by atoms with Gasteiger partial charge in [-0.2, -0.15) is 0 Å². The smallest absolute Gasteiger partial charge is 0.264 e. The maximum atomic E-state index is 12.6. The molecule has 0 bridgehead atoms. The highest BCUT2D eigenvalue weighted by Gasteiger charge is 2.34. The fourth-order valence-corrected chi connectivity index (χ4v) is 4.21. The fourth-order valence-electron chi connectivity index (χ4n) is 3.21. The molecule has 6 nitrogen and oxygen atoms in total. The molecule has 0 saturated carbocycles. The number of ether oxygens (including phenoxy) is 2. The summed E-state index contributed by atoms with van der Waals surface area (Å²) in [4.78, 5) is 27.5. The number of hydrogen-bond acceptors (Lipinski definition) is 5. The molecule has 1 atom stereocenters. The molecule has 0 unspecified atom stereocenters. The Morgan fingerprint density at radius 3 is 2.88 bits per heavy atom. The zero-order chi connectivity index (χ0) is 18.1. The first-order chi connectivity index (χ1) is 12.6. The van der Waals surface area contributed by atoms with Crippen molar-refractivity contribution in [2.45, 2.75) is 25.4 Å². The van der Waals surface area contributed by atoms with E-state index in [0.29, 0.717) is 40.2 Å². The van der Waals surface area contributed by atoms with Crippen molar-refractivity contribution >= 4 is 34.8 Å². The van der Waals surface area contributed by atoms with Crippen LogP contribution in [-0.2, 0) is 11.3 Å². The Balaban J connectivity index is 1.39. The monoisotopic (exact) mass is 392 g/mol. The van der Waals surface area contributed by atoms with Crippen LogP contribution in [0.1, 0.15) is 28.1 Å². The number of amides is 2. The Bertz CT molecular complexity index is 853. The summed E-state index contributed by atoms with van der Waals surface area (Å²) in [6.45, 7) is 1.17. The van der Waals surface area contributed by atoms with E-state index in [0.717, 1.165) is 12.0 Å². The van der Waals surface area contributed by atoms with Crippen molar-refractivity contribution in [3.8, 4) is 11.5 Å². The minimum atomic E-state index is -0.447. The normalized spacial score (nSPS) is 18.2. The minimum Gasteiger partial charge on any atom is -0.454 e. The summed E-state index contributed by atoms with van der Waals surface area (Å²) < 4.78 is 11.2. The van der Waals surface area contributed by atoms with Gasteiger partial charge >= 0.3 is 0 Å². The van der Waals surface area contributed by atoms with E-state index in [1.807, 2.05) is 18.2 Å². The van der Waals surface area contributed by atoms with Crippen LogP contribution in [0.4, 0.5) is 0 Å². The molecule has 1 N–H and O–H groups in total. The Morgan fingerprint density at radius 2 is 2.08 bits per heavy atom. The van der Waals surface area contributed by atoms with Gasteiger partial charge in [-0.3, -0.25) is 9.59 Å². The molecule has 1 fully saturated rings. The number of nitrogens with one attached hydrogen (secondary N) is 1. The third kappa shape index (κ3) is 3.37. The second kappa shape index (κ2) is 7.17. The molecule has 26 heavy (non-hydrogen) atoms. The quantitative estimate of drug-likeness (QED) is 0.868. The second-order valence-electron chi connectivity index (χ2n) is 6.17. The summed E-state index contributed by atoms with van der Waals surface area (Å²) in [5, 5.41) is 2.92. The molecule has 0 radical (unpaired) electrons. The Morgan fingerprint density at radius 1 is 1.23 bits per heavy atom. The number of rotatable bonds is 4. The number of hydrogen-bond donors (Lipinski definition) is 1. The average Bonchev–Trinajstić information content (AvgIpc) is 3.38. The van der Waals surface area contributed by atoms with Crippen molar-refractivity contribution in [3.63, 3.8) is 0 Å². The van der Waals surface area contributed by atoms with Crippen LogP contribution in [0.15, 0.2) is 30.3 Å². The van der Waals surface area contributed by atoms with Crippen LogP contribution in [-0.4, -0.2) is 36.1 Å². The van der Waals surface area contributed by atoms with Crippen LogP contribution < -0.4 is 14.8 Å². The van der Waals surface area contributed by atoms with Gasteiger partial charge in [-0.1, -0.05) is 17.7 Å². The number of fused-ring (bicyclic) bond motifs is 1. The first kappa shape index (κ1) is 17.2. The number of benzene rings is 1. The summed E-state index contributed by atoms with van der Waals surface area (Å²) in [5.41, 5.74) is 0.920. The topological polar surface area (TPSA) is 67.9 Å². The zero-order valence-electron chi connectivity index (χ0n) is 13.9. The highest BCUT2D eigenvalue weighted by Crippen LogP contribution is 2.32. The molecule has 1 aromatic carbocycles. The molecule has 1 saturated heterocycles. The third-order valence-corrected chi connectivity index (χ3v) is 5.72. The lowest BCUT2D eigenvalue weighted by Crippen LogP contribution is -2.45. The number of carbonyl (C=O) groups is 2. The molecular weight excluding hydrogens is 376 g/mol. The minimum absolute atomic E-state index is 0.136. The lowest BCUT2D eigenvalue weighted by atomic mass is 10.1. The van der Waals surface area contributed by atoms with Gasteiger partial charge in [0.1, 0.15) is 6.04 Å². The van der Waals surface area contributed by atoms with Gasteiger partial charge in [0.05, 0.1) is 9.21 Å². The molecule has 4 rings (SSSR count). The maximum Gasteiger partial charge on any atom is 0.264 e. The predicted molar refractivity (Wildman–Crippen MR) is 97.8 cm³/mol. The van der Waals surface area contributed by atoms with Crippen LogP contribution in [0.25, 0.3) is 0 Å². The zero-order valence-corrected chi connectivity index (χ0v) is 15.4. The van der Waals surface area contributed by atoms with Gasteiger partial charge in [-0.15, -0.1) is 11.3 Å². The highest BCUT2D eigenvalue weighted by molar-refractivity contribution is 7.17. The van der Waals surface area contributed by atoms with Crippen molar-refractivity contribution in [1.29, 1.82) is 0 Å². The first-order valence-electron chi connectivity index (χ1n) is 8.34. The summed E-state index contributed by atoms with van der Waals surface area (Å²) in [5.74, 6) is 1.12. The Hall–Kier alpha value is -2.25. The molecular formula is C18H17ClN2O4S. The fraction of sp³-hybridized carbons (Fsp3) is 0.333. The van der Waals surface area contributed by atoms with E-state index in [4.69, 9.17) is 21.1 Å². The summed E-state index contributed by atoms with van der Waals surface area (Å²) >= 11 is 7.15. The number of likely N-dealkylation sites (tertiary alicyclic amines) is 1. The summed E-state index contributed by atoms with van der Waals surface area (Å²) in [6.07, 6.45) is 1.48. The van der Waals surface area contributed by atoms with E-state index in [9.17, 15) is 9.59 Å². The van der Waals surface area contributed by atoms with E-state index in [1.54, 1.807) is 17.0 Å². The van der Waals surface area contributed by atoms with Crippen LogP contribution in [0.5, 0.6) is 11.5 Å². The van der Waals surface area contributed by atoms with E-state index >= 15 is 0 Å². The van der Waals surface area contributed by atoms with Crippen molar-refractivity contribution in [1.82, 2.24) is 10.2 Å². The first-order valence-corrected chi connectivity index (χ1v) is 9.54. The summed E-state index contributed by atoms with van der Waals surface area (Å²) in [6, 6.07) is 8.53. The van der Waals surface area contributed by atoms with Crippen LogP contribution in [0.2, 0.25) is 4.34 Å². The highest BCUT2D eigenvalue weighted by atomic mass is 35.5. The Labute approximate surface area is 159 Å². The van der Waals surface area contributed by atoms with Gasteiger partial charge in [0.2, 0.25) is 12.7 Å². The van der Waals surface area contributed by atoms with Crippen molar-refractivity contribution in [2.24, 2.45) is 0 Å². The third-order valence-electron chi connectivity index (χ3n) is 4.50. The van der Waals surface area contributed by atoms with E-state index in [2.05, 4.69) is 5.32 Å². The lowest BCUT2D eigenvalue weighted by molar-refractivity contribution is -0.125. The summed E-state index contributed by atoms with van der Waals surface area (Å²) in [7, 11) is 0. The van der Waals surface area contributed by atoms with Gasteiger partial charge in [0.15, 0.2) is 11.5 Å². The van der Waals surface area contributed by atoms with Crippen LogP contribution in [0, 0.1) is 0 Å². The van der Waals surface area contributed by atoms with Gasteiger partial charge in [0, 0.05) is 13.1 Å². The van der Waals surface area contributed by atoms with E-state index in [1.165, 1.54) is 11.3 Å². The number of halogens is 1. The molecule has 2 aromatic rings. The lowest BCUT2D eigenvalue weighted by Gasteiger charge is -2.23. The molecule has 2 aliphatic heterocycles.